The molecule has 1 atom stereocenters. The van der Waals surface area contributed by atoms with Gasteiger partial charge in [0.2, 0.25) is 0 Å². The van der Waals surface area contributed by atoms with Crippen LogP contribution in [0.25, 0.3) is 0 Å². The molecule has 6 N–H and O–H groups in total. The second-order valence-corrected chi connectivity index (χ2v) is 9.67. The Morgan fingerprint density at radius 2 is 1.88 bits per heavy atom. The SMILES string of the molecule is CCCOc1cccc2c1CCN(C(=O)/C(N)=C/N(N)c1cccc(Cl)c1F)C2C(=O)Nc1ccc(C(=O)O)cc1. The van der Waals surface area contributed by atoms with Crippen molar-refractivity contribution < 1.29 is 28.6 Å². The van der Waals surface area contributed by atoms with Crippen molar-refractivity contribution in [2.75, 3.05) is 23.5 Å². The van der Waals surface area contributed by atoms with E-state index in [2.05, 4.69) is 5.32 Å². The number of ether oxygens (including phenoxy) is 1. The summed E-state index contributed by atoms with van der Waals surface area (Å²) in [6, 6.07) is 14.0. The number of rotatable bonds is 9. The maximum absolute atomic E-state index is 14.5. The fraction of sp³-hybridized carbons (Fsp3) is 0.207. The lowest BCUT2D eigenvalue weighted by Crippen LogP contribution is -2.47. The van der Waals surface area contributed by atoms with Crippen LogP contribution in [0.1, 0.15) is 40.9 Å². The second-order valence-electron chi connectivity index (χ2n) is 9.26. The highest BCUT2D eigenvalue weighted by Crippen LogP contribution is 2.37. The Hall–Kier alpha value is -4.61. The van der Waals surface area contributed by atoms with E-state index in [-0.39, 0.29) is 28.5 Å². The van der Waals surface area contributed by atoms with Crippen molar-refractivity contribution >= 4 is 40.8 Å². The molecule has 0 aromatic heterocycles. The van der Waals surface area contributed by atoms with Crippen molar-refractivity contribution in [1.29, 1.82) is 0 Å². The number of nitrogens with one attached hydrogen (secondary N) is 1. The highest BCUT2D eigenvalue weighted by molar-refractivity contribution is 6.31. The van der Waals surface area contributed by atoms with Crippen molar-refractivity contribution in [3.63, 3.8) is 0 Å². The summed E-state index contributed by atoms with van der Waals surface area (Å²) in [6.45, 7) is 2.58. The number of carboxylic acid groups (broad SMARTS) is 1. The third kappa shape index (κ3) is 6.42. The maximum atomic E-state index is 14.5. The summed E-state index contributed by atoms with van der Waals surface area (Å²) in [7, 11) is 0. The van der Waals surface area contributed by atoms with Crippen molar-refractivity contribution in [2.45, 2.75) is 25.8 Å². The molecule has 0 fully saturated rings. The number of carbonyl (C=O) groups excluding carboxylic acids is 2. The Balaban J connectivity index is 1.68. The molecule has 12 heteroatoms. The maximum Gasteiger partial charge on any atom is 0.335 e. The normalized spacial score (nSPS) is 14.7. The molecule has 0 spiro atoms. The van der Waals surface area contributed by atoms with Gasteiger partial charge in [-0.25, -0.2) is 15.0 Å². The highest BCUT2D eigenvalue weighted by Gasteiger charge is 2.38. The number of anilines is 2. The van der Waals surface area contributed by atoms with Crippen LogP contribution in [-0.2, 0) is 16.0 Å². The molecule has 0 saturated heterocycles. The average Bonchev–Trinajstić information content (AvgIpc) is 2.96. The Morgan fingerprint density at radius 1 is 1.17 bits per heavy atom. The van der Waals surface area contributed by atoms with E-state index in [1.165, 1.54) is 47.4 Å². The molecule has 0 aliphatic carbocycles. The number of carboxylic acids is 1. The van der Waals surface area contributed by atoms with Gasteiger partial charge in [0, 0.05) is 17.8 Å². The molecule has 4 rings (SSSR count). The zero-order chi connectivity index (χ0) is 29.7. The van der Waals surface area contributed by atoms with Gasteiger partial charge in [-0.3, -0.25) is 14.6 Å². The summed E-state index contributed by atoms with van der Waals surface area (Å²) in [6.07, 6.45) is 2.24. The lowest BCUT2D eigenvalue weighted by molar-refractivity contribution is -0.136. The quantitative estimate of drug-likeness (QED) is 0.167. The van der Waals surface area contributed by atoms with Crippen LogP contribution in [0.4, 0.5) is 15.8 Å². The van der Waals surface area contributed by atoms with Gasteiger partial charge in [-0.2, -0.15) is 0 Å². The summed E-state index contributed by atoms with van der Waals surface area (Å²) in [4.78, 5) is 39.9. The zero-order valence-electron chi connectivity index (χ0n) is 22.1. The minimum absolute atomic E-state index is 0.0564. The molecule has 1 aliphatic heterocycles. The molecule has 3 aromatic carbocycles. The average molecular weight is 582 g/mol. The first-order valence-corrected chi connectivity index (χ1v) is 13.1. The second kappa shape index (κ2) is 12.7. The number of carbonyl (C=O) groups is 3. The van der Waals surface area contributed by atoms with Crippen LogP contribution in [0, 0.1) is 5.82 Å². The van der Waals surface area contributed by atoms with E-state index in [1.54, 1.807) is 12.1 Å². The van der Waals surface area contributed by atoms with Crippen LogP contribution in [-0.4, -0.2) is 40.9 Å². The molecule has 41 heavy (non-hydrogen) atoms. The van der Waals surface area contributed by atoms with Gasteiger partial charge in [0.05, 0.1) is 29.1 Å². The van der Waals surface area contributed by atoms with E-state index in [1.807, 2.05) is 13.0 Å². The van der Waals surface area contributed by atoms with Crippen LogP contribution in [0.15, 0.2) is 72.6 Å². The molecule has 0 saturated carbocycles. The third-order valence-electron chi connectivity index (χ3n) is 6.48. The number of hydrazine groups is 1. The molecule has 214 valence electrons. The van der Waals surface area contributed by atoms with E-state index >= 15 is 0 Å². The third-order valence-corrected chi connectivity index (χ3v) is 6.77. The predicted octanol–water partition coefficient (Wildman–Crippen LogP) is 4.21. The van der Waals surface area contributed by atoms with Gasteiger partial charge in [-0.1, -0.05) is 36.7 Å². The van der Waals surface area contributed by atoms with Gasteiger partial charge in [0.15, 0.2) is 5.82 Å². The van der Waals surface area contributed by atoms with Crippen molar-refractivity contribution in [2.24, 2.45) is 11.6 Å². The first-order valence-electron chi connectivity index (χ1n) is 12.8. The fourth-order valence-corrected chi connectivity index (χ4v) is 4.69. The van der Waals surface area contributed by atoms with Crippen molar-refractivity contribution in [3.05, 3.63) is 100 Å². The Labute approximate surface area is 240 Å². The fourth-order valence-electron chi connectivity index (χ4n) is 4.52. The van der Waals surface area contributed by atoms with Crippen LogP contribution in [0.3, 0.4) is 0 Å². The molecular formula is C29H29ClFN5O5. The molecule has 0 bridgehead atoms. The predicted molar refractivity (Wildman–Crippen MR) is 153 cm³/mol. The number of amides is 2. The van der Waals surface area contributed by atoms with E-state index in [0.29, 0.717) is 30.0 Å². The topological polar surface area (TPSA) is 151 Å². The van der Waals surface area contributed by atoms with Crippen LogP contribution in [0.2, 0.25) is 5.02 Å². The van der Waals surface area contributed by atoms with Gasteiger partial charge in [0.1, 0.15) is 17.5 Å². The van der Waals surface area contributed by atoms with Crippen LogP contribution < -0.4 is 26.6 Å². The number of benzene rings is 3. The van der Waals surface area contributed by atoms with E-state index in [4.69, 9.17) is 33.0 Å². The summed E-state index contributed by atoms with van der Waals surface area (Å²) >= 11 is 5.85. The van der Waals surface area contributed by atoms with Crippen LogP contribution in [0.5, 0.6) is 5.75 Å². The van der Waals surface area contributed by atoms with Crippen molar-refractivity contribution in [3.8, 4) is 5.75 Å². The molecule has 1 aliphatic rings. The number of halogens is 2. The van der Waals surface area contributed by atoms with E-state index in [9.17, 15) is 18.8 Å². The summed E-state index contributed by atoms with van der Waals surface area (Å²) in [5.41, 5.74) is 7.43. The van der Waals surface area contributed by atoms with Gasteiger partial charge in [-0.05, 0) is 60.9 Å². The smallest absolute Gasteiger partial charge is 0.335 e. The lowest BCUT2D eigenvalue weighted by Gasteiger charge is -2.37. The molecule has 0 radical (unpaired) electrons. The summed E-state index contributed by atoms with van der Waals surface area (Å²) < 4.78 is 20.4. The first-order chi connectivity index (χ1) is 19.6. The monoisotopic (exact) mass is 581 g/mol. The lowest BCUT2D eigenvalue weighted by atomic mass is 9.90. The molecule has 1 heterocycles. The van der Waals surface area contributed by atoms with E-state index < -0.39 is 29.6 Å². The number of nitrogens with two attached hydrogens (primary N) is 2. The molecule has 10 nitrogen and oxygen atoms in total. The largest absolute Gasteiger partial charge is 0.493 e. The number of aromatic carboxylic acids is 1. The first kappa shape index (κ1) is 29.4. The highest BCUT2D eigenvalue weighted by atomic mass is 35.5. The Kier molecular flexibility index (Phi) is 9.10. The Morgan fingerprint density at radius 3 is 2.56 bits per heavy atom. The standard InChI is InChI=1S/C29H29ClFN5O5/c1-2-15-41-24-8-3-5-20-19(24)13-14-35(26(20)27(37)34-18-11-9-17(10-12-18)29(39)40)28(38)22(32)16-36(33)23-7-4-6-21(30)25(23)31/h3-12,16,26H,2,13-15,32-33H2,1H3,(H,34,37)(H,39,40)/b22-16-. The number of hydrogen-bond acceptors (Lipinski definition) is 7. The summed E-state index contributed by atoms with van der Waals surface area (Å²) in [5.74, 6) is 3.46. The molecule has 3 aromatic rings. The minimum Gasteiger partial charge on any atom is -0.493 e. The number of hydrogen-bond donors (Lipinski definition) is 4. The number of fused-ring (bicyclic) bond motifs is 1. The van der Waals surface area contributed by atoms with Crippen molar-refractivity contribution in [1.82, 2.24) is 4.90 Å². The Bertz CT molecular complexity index is 1500. The van der Waals surface area contributed by atoms with Gasteiger partial charge in [0.25, 0.3) is 11.8 Å². The van der Waals surface area contributed by atoms with Gasteiger partial charge in [-0.15, -0.1) is 0 Å². The minimum atomic E-state index is -1.11. The number of nitrogens with zero attached hydrogens (tertiary/aromatic N) is 2. The van der Waals surface area contributed by atoms with Gasteiger partial charge >= 0.3 is 5.97 Å². The van der Waals surface area contributed by atoms with Gasteiger partial charge < -0.3 is 25.8 Å². The van der Waals surface area contributed by atoms with Crippen LogP contribution >= 0.6 is 11.6 Å². The van der Waals surface area contributed by atoms with E-state index in [0.717, 1.165) is 23.2 Å². The molecular weight excluding hydrogens is 553 g/mol. The zero-order valence-corrected chi connectivity index (χ0v) is 22.9. The molecule has 1 unspecified atom stereocenters. The summed E-state index contributed by atoms with van der Waals surface area (Å²) in [5, 5.41) is 12.6. The molecule has 2 amide bonds.